The molecule has 0 fully saturated rings. The third-order valence-corrected chi connectivity index (χ3v) is 1.34. The molecular formula is C13H18O5. The van der Waals surface area contributed by atoms with E-state index >= 15 is 0 Å². The zero-order valence-electron chi connectivity index (χ0n) is 10.7. The Morgan fingerprint density at radius 2 is 1.28 bits per heavy atom. The minimum atomic E-state index is -0.489. The van der Waals surface area contributed by atoms with Crippen LogP contribution >= 0.6 is 0 Å². The van der Waals surface area contributed by atoms with E-state index < -0.39 is 11.9 Å². The van der Waals surface area contributed by atoms with E-state index in [1.807, 2.05) is 0 Å². The van der Waals surface area contributed by atoms with Gasteiger partial charge in [-0.1, -0.05) is 19.7 Å². The first kappa shape index (κ1) is 18.2. The molecule has 0 aromatic carbocycles. The second-order valence-electron chi connectivity index (χ2n) is 3.20. The van der Waals surface area contributed by atoms with E-state index in [1.165, 1.54) is 6.08 Å². The molecule has 0 aliphatic heterocycles. The molecule has 0 aliphatic rings. The van der Waals surface area contributed by atoms with E-state index in [0.29, 0.717) is 17.4 Å². The van der Waals surface area contributed by atoms with Gasteiger partial charge in [-0.3, -0.25) is 4.79 Å². The number of allylic oxidation sites excluding steroid dienone is 1. The van der Waals surface area contributed by atoms with E-state index in [-0.39, 0.29) is 13.2 Å². The summed E-state index contributed by atoms with van der Waals surface area (Å²) >= 11 is 0. The van der Waals surface area contributed by atoms with Crippen LogP contribution < -0.4 is 0 Å². The molecule has 0 unspecified atom stereocenters. The van der Waals surface area contributed by atoms with Gasteiger partial charge in [-0.25, -0.2) is 9.59 Å². The van der Waals surface area contributed by atoms with Crippen LogP contribution in [0, 0.1) is 0 Å². The van der Waals surface area contributed by atoms with Crippen LogP contribution in [0.4, 0.5) is 0 Å². The van der Waals surface area contributed by atoms with Crippen LogP contribution in [0.1, 0.15) is 13.8 Å². The van der Waals surface area contributed by atoms with Gasteiger partial charge in [0, 0.05) is 11.1 Å². The highest BCUT2D eigenvalue weighted by Gasteiger charge is 2.05. The van der Waals surface area contributed by atoms with Crippen LogP contribution in [-0.4, -0.2) is 31.4 Å². The molecule has 0 aliphatic carbocycles. The van der Waals surface area contributed by atoms with Gasteiger partial charge in [0.15, 0.2) is 0 Å². The number of esters is 2. The maximum absolute atomic E-state index is 10.8. The molecule has 0 amide bonds. The Labute approximate surface area is 107 Å². The van der Waals surface area contributed by atoms with Gasteiger partial charge in [0.1, 0.15) is 19.5 Å². The quantitative estimate of drug-likeness (QED) is 0.311. The Kier molecular flexibility index (Phi) is 11.4. The molecule has 100 valence electrons. The molecular weight excluding hydrogens is 236 g/mol. The van der Waals surface area contributed by atoms with Crippen molar-refractivity contribution >= 4 is 18.2 Å². The molecule has 0 saturated heterocycles. The Morgan fingerprint density at radius 3 is 1.44 bits per heavy atom. The summed E-state index contributed by atoms with van der Waals surface area (Å²) in [5, 5.41) is 0. The van der Waals surface area contributed by atoms with Gasteiger partial charge in [-0.15, -0.1) is 0 Å². The van der Waals surface area contributed by atoms with Crippen LogP contribution in [0.5, 0.6) is 0 Å². The van der Waals surface area contributed by atoms with Gasteiger partial charge in [0.25, 0.3) is 0 Å². The smallest absolute Gasteiger partial charge is 0.333 e. The van der Waals surface area contributed by atoms with Crippen LogP contribution in [0.2, 0.25) is 0 Å². The molecule has 0 spiro atoms. The molecule has 5 heteroatoms. The fourth-order valence-corrected chi connectivity index (χ4v) is 0.515. The van der Waals surface area contributed by atoms with Gasteiger partial charge in [-0.05, 0) is 19.9 Å². The van der Waals surface area contributed by atoms with Gasteiger partial charge in [0.2, 0.25) is 0 Å². The standard InChI is InChI=1S/C10H14O4.C3H4O/c1-7(2)9(11)13-5-6-14-10(12)8(3)4;1-2-3-4/h1,3,5-6H2,2,4H3;2-3H,1H2. The topological polar surface area (TPSA) is 69.7 Å². The molecule has 0 bridgehead atoms. The molecule has 0 heterocycles. The predicted octanol–water partition coefficient (Wildman–Crippen LogP) is 1.60. The molecule has 0 aromatic rings. The van der Waals surface area contributed by atoms with Crippen molar-refractivity contribution in [3.63, 3.8) is 0 Å². The van der Waals surface area contributed by atoms with E-state index in [2.05, 4.69) is 29.2 Å². The number of aldehydes is 1. The van der Waals surface area contributed by atoms with Gasteiger partial charge >= 0.3 is 11.9 Å². The Bertz CT molecular complexity index is 307. The average Bonchev–Trinajstić information content (AvgIpc) is 2.33. The lowest BCUT2D eigenvalue weighted by molar-refractivity contribution is -0.147. The number of carbonyl (C=O) groups excluding carboxylic acids is 3. The van der Waals surface area contributed by atoms with Crippen molar-refractivity contribution in [1.29, 1.82) is 0 Å². The van der Waals surface area contributed by atoms with Crippen LogP contribution in [0.3, 0.4) is 0 Å². The SMILES string of the molecule is C=C(C)C(=O)OCCOC(=O)C(=C)C.C=CC=O. The van der Waals surface area contributed by atoms with Crippen molar-refractivity contribution in [2.45, 2.75) is 13.8 Å². The summed E-state index contributed by atoms with van der Waals surface area (Å²) in [5.74, 6) is -0.979. The van der Waals surface area contributed by atoms with Crippen molar-refractivity contribution in [2.24, 2.45) is 0 Å². The Balaban J connectivity index is 0. The normalized spacial score (nSPS) is 8.11. The highest BCUT2D eigenvalue weighted by molar-refractivity contribution is 5.87. The monoisotopic (exact) mass is 254 g/mol. The predicted molar refractivity (Wildman–Crippen MR) is 67.8 cm³/mol. The second kappa shape index (κ2) is 11.3. The minimum absolute atomic E-state index is 0.0325. The number of rotatable bonds is 6. The number of carbonyl (C=O) groups is 3. The highest BCUT2D eigenvalue weighted by Crippen LogP contribution is 1.94. The van der Waals surface area contributed by atoms with Crippen molar-refractivity contribution in [2.75, 3.05) is 13.2 Å². The van der Waals surface area contributed by atoms with Gasteiger partial charge in [-0.2, -0.15) is 0 Å². The molecule has 18 heavy (non-hydrogen) atoms. The molecule has 0 saturated carbocycles. The third-order valence-electron chi connectivity index (χ3n) is 1.34. The largest absolute Gasteiger partial charge is 0.459 e. The van der Waals surface area contributed by atoms with E-state index in [0.717, 1.165) is 0 Å². The molecule has 0 rings (SSSR count). The lowest BCUT2D eigenvalue weighted by Crippen LogP contribution is -2.14. The molecule has 0 N–H and O–H groups in total. The summed E-state index contributed by atoms with van der Waals surface area (Å²) < 4.78 is 9.38. The highest BCUT2D eigenvalue weighted by atomic mass is 16.6. The third kappa shape index (κ3) is 11.9. The van der Waals surface area contributed by atoms with Crippen LogP contribution in [0.25, 0.3) is 0 Å². The Hall–Kier alpha value is -2.17. The second-order valence-corrected chi connectivity index (χ2v) is 3.20. The van der Waals surface area contributed by atoms with E-state index in [4.69, 9.17) is 4.79 Å². The van der Waals surface area contributed by atoms with Crippen LogP contribution in [0.15, 0.2) is 37.0 Å². The van der Waals surface area contributed by atoms with Crippen molar-refractivity contribution in [3.05, 3.63) is 37.0 Å². The summed E-state index contributed by atoms with van der Waals surface area (Å²) in [4.78, 5) is 30.7. The van der Waals surface area contributed by atoms with Gasteiger partial charge in [0.05, 0.1) is 0 Å². The maximum Gasteiger partial charge on any atom is 0.333 e. The maximum atomic E-state index is 10.8. The van der Waals surface area contributed by atoms with Crippen molar-refractivity contribution in [3.8, 4) is 0 Å². The first-order chi connectivity index (χ1) is 8.36. The average molecular weight is 254 g/mol. The minimum Gasteiger partial charge on any atom is -0.459 e. The summed E-state index contributed by atoms with van der Waals surface area (Å²) in [7, 11) is 0. The zero-order valence-corrected chi connectivity index (χ0v) is 10.7. The molecule has 0 atom stereocenters. The Morgan fingerprint density at radius 1 is 1.00 bits per heavy atom. The number of hydrogen-bond donors (Lipinski definition) is 0. The molecule has 5 nitrogen and oxygen atoms in total. The van der Waals surface area contributed by atoms with E-state index in [1.54, 1.807) is 13.8 Å². The summed E-state index contributed by atoms with van der Waals surface area (Å²) in [6.07, 6.45) is 1.83. The first-order valence-electron chi connectivity index (χ1n) is 5.08. The number of ether oxygens (including phenoxy) is 2. The fourth-order valence-electron chi connectivity index (χ4n) is 0.515. The molecule has 0 radical (unpaired) electrons. The first-order valence-corrected chi connectivity index (χ1v) is 5.08. The molecule has 0 aromatic heterocycles. The lowest BCUT2D eigenvalue weighted by Gasteiger charge is -2.05. The van der Waals surface area contributed by atoms with Crippen molar-refractivity contribution < 1.29 is 23.9 Å². The van der Waals surface area contributed by atoms with Crippen LogP contribution in [-0.2, 0) is 23.9 Å². The summed E-state index contributed by atoms with van der Waals surface area (Å²) in [6, 6.07) is 0. The summed E-state index contributed by atoms with van der Waals surface area (Å²) in [5.41, 5.74) is 0.632. The number of hydrogen-bond acceptors (Lipinski definition) is 5. The fraction of sp³-hybridized carbons (Fsp3) is 0.308. The lowest BCUT2D eigenvalue weighted by atomic mass is 10.4. The van der Waals surface area contributed by atoms with E-state index in [9.17, 15) is 9.59 Å². The van der Waals surface area contributed by atoms with Gasteiger partial charge < -0.3 is 9.47 Å². The zero-order chi connectivity index (χ0) is 14.6. The van der Waals surface area contributed by atoms with Crippen molar-refractivity contribution in [1.82, 2.24) is 0 Å². The summed E-state index contributed by atoms with van der Waals surface area (Å²) in [6.45, 7) is 13.1.